The highest BCUT2D eigenvalue weighted by Gasteiger charge is 2.24. The van der Waals surface area contributed by atoms with Crippen LogP contribution in [0.25, 0.3) is 11.1 Å². The fraction of sp³-hybridized carbons (Fsp3) is 0.435. The Kier molecular flexibility index (Phi) is 7.27. The molecule has 0 radical (unpaired) electrons. The molecule has 0 saturated heterocycles. The van der Waals surface area contributed by atoms with Crippen molar-refractivity contribution < 1.29 is 14.3 Å². The SMILES string of the molecule is CCc1cc(C#C[Si](C)(C)C)cc(CC)c1-c1c(OC(=O)OC)c(C)nn(C)c1=O. The molecule has 0 spiro atoms. The molecule has 0 N–H and O–H groups in total. The van der Waals surface area contributed by atoms with Gasteiger partial charge in [-0.15, -0.1) is 5.54 Å². The van der Waals surface area contributed by atoms with E-state index in [0.29, 0.717) is 24.1 Å². The van der Waals surface area contributed by atoms with E-state index in [-0.39, 0.29) is 11.3 Å². The molecule has 0 amide bonds. The summed E-state index contributed by atoms with van der Waals surface area (Å²) in [5.74, 6) is 3.45. The molecule has 7 heteroatoms. The van der Waals surface area contributed by atoms with E-state index in [4.69, 9.17) is 4.74 Å². The highest BCUT2D eigenvalue weighted by Crippen LogP contribution is 2.35. The summed E-state index contributed by atoms with van der Waals surface area (Å²) < 4.78 is 11.3. The maximum Gasteiger partial charge on any atom is 0.513 e. The summed E-state index contributed by atoms with van der Waals surface area (Å²) in [6.07, 6.45) is 0.517. The van der Waals surface area contributed by atoms with Crippen molar-refractivity contribution in [2.45, 2.75) is 53.3 Å². The van der Waals surface area contributed by atoms with E-state index in [1.807, 2.05) is 26.0 Å². The average Bonchev–Trinajstić information content (AvgIpc) is 2.69. The van der Waals surface area contributed by atoms with Gasteiger partial charge in [0.15, 0.2) is 5.75 Å². The zero-order chi connectivity index (χ0) is 22.6. The molecule has 0 fully saturated rings. The minimum atomic E-state index is -1.52. The summed E-state index contributed by atoms with van der Waals surface area (Å²) >= 11 is 0. The normalized spacial score (nSPS) is 10.9. The van der Waals surface area contributed by atoms with Gasteiger partial charge in [0.2, 0.25) is 0 Å². The first kappa shape index (κ1) is 23.4. The molecule has 6 nitrogen and oxygen atoms in total. The van der Waals surface area contributed by atoms with E-state index in [9.17, 15) is 9.59 Å². The molecule has 0 unspecified atom stereocenters. The van der Waals surface area contributed by atoms with E-state index in [0.717, 1.165) is 22.3 Å². The van der Waals surface area contributed by atoms with Crippen molar-refractivity contribution in [1.29, 1.82) is 0 Å². The molecule has 0 bridgehead atoms. The average molecular weight is 427 g/mol. The smallest absolute Gasteiger partial charge is 0.437 e. The fourth-order valence-electron chi connectivity index (χ4n) is 3.20. The third kappa shape index (κ3) is 5.19. The van der Waals surface area contributed by atoms with Crippen molar-refractivity contribution in [2.75, 3.05) is 7.11 Å². The van der Waals surface area contributed by atoms with Crippen molar-refractivity contribution in [3.8, 4) is 28.3 Å². The zero-order valence-electron chi connectivity index (χ0n) is 19.1. The number of hydrogen-bond donors (Lipinski definition) is 0. The van der Waals surface area contributed by atoms with Crippen LogP contribution < -0.4 is 10.3 Å². The van der Waals surface area contributed by atoms with Crippen LogP contribution in [0, 0.1) is 18.4 Å². The summed E-state index contributed by atoms with van der Waals surface area (Å²) in [5.41, 5.74) is 7.51. The van der Waals surface area contributed by atoms with Gasteiger partial charge in [-0.3, -0.25) is 4.79 Å². The van der Waals surface area contributed by atoms with Crippen LogP contribution in [0.4, 0.5) is 4.79 Å². The van der Waals surface area contributed by atoms with E-state index in [2.05, 4.69) is 40.9 Å². The molecule has 2 rings (SSSR count). The Hall–Kier alpha value is -2.85. The topological polar surface area (TPSA) is 70.4 Å². The van der Waals surface area contributed by atoms with Crippen molar-refractivity contribution in [3.05, 3.63) is 44.9 Å². The molecule has 1 aromatic heterocycles. The maximum absolute atomic E-state index is 13.1. The second-order valence-corrected chi connectivity index (χ2v) is 12.9. The Labute approximate surface area is 179 Å². The lowest BCUT2D eigenvalue weighted by Crippen LogP contribution is -2.25. The second kappa shape index (κ2) is 9.31. The van der Waals surface area contributed by atoms with Gasteiger partial charge in [-0.05, 0) is 48.6 Å². The van der Waals surface area contributed by atoms with Gasteiger partial charge in [-0.1, -0.05) is 39.4 Å². The van der Waals surface area contributed by atoms with Crippen LogP contribution in [0.2, 0.25) is 19.6 Å². The molecule has 30 heavy (non-hydrogen) atoms. The third-order valence-corrected chi connectivity index (χ3v) is 5.49. The molecule has 0 aliphatic heterocycles. The molecule has 1 heterocycles. The molecular weight excluding hydrogens is 396 g/mol. The number of aryl methyl sites for hydroxylation is 4. The van der Waals surface area contributed by atoms with Gasteiger partial charge >= 0.3 is 6.16 Å². The molecule has 0 aliphatic rings. The zero-order valence-corrected chi connectivity index (χ0v) is 20.1. The Morgan fingerprint density at radius 3 is 2.17 bits per heavy atom. The van der Waals surface area contributed by atoms with Crippen LogP contribution in [0.1, 0.15) is 36.2 Å². The van der Waals surface area contributed by atoms with Gasteiger partial charge < -0.3 is 9.47 Å². The Morgan fingerprint density at radius 2 is 1.70 bits per heavy atom. The van der Waals surface area contributed by atoms with Gasteiger partial charge in [-0.25, -0.2) is 9.48 Å². The first-order chi connectivity index (χ1) is 14.0. The van der Waals surface area contributed by atoms with Gasteiger partial charge in [0.25, 0.3) is 5.56 Å². The minimum absolute atomic E-state index is 0.135. The lowest BCUT2D eigenvalue weighted by atomic mass is 9.90. The van der Waals surface area contributed by atoms with Crippen molar-refractivity contribution in [1.82, 2.24) is 9.78 Å². The summed E-state index contributed by atoms with van der Waals surface area (Å²) in [4.78, 5) is 25.0. The summed E-state index contributed by atoms with van der Waals surface area (Å²) in [6.45, 7) is 12.4. The van der Waals surface area contributed by atoms with E-state index in [1.54, 1.807) is 14.0 Å². The largest absolute Gasteiger partial charge is 0.513 e. The molecular formula is C23H30N2O4Si. The van der Waals surface area contributed by atoms with Gasteiger partial charge in [0.05, 0.1) is 12.7 Å². The van der Waals surface area contributed by atoms with Crippen LogP contribution in [-0.2, 0) is 24.6 Å². The number of rotatable bonds is 4. The number of nitrogens with zero attached hydrogens (tertiary/aromatic N) is 2. The van der Waals surface area contributed by atoms with Crippen LogP contribution in [-0.4, -0.2) is 31.1 Å². The van der Waals surface area contributed by atoms with Gasteiger partial charge in [0, 0.05) is 12.6 Å². The highest BCUT2D eigenvalue weighted by atomic mass is 28.3. The summed E-state index contributed by atoms with van der Waals surface area (Å²) in [6, 6.07) is 4.05. The first-order valence-corrected chi connectivity index (χ1v) is 13.5. The van der Waals surface area contributed by atoms with Crippen molar-refractivity contribution in [2.24, 2.45) is 7.05 Å². The Morgan fingerprint density at radius 1 is 1.13 bits per heavy atom. The molecule has 2 aromatic rings. The Bertz CT molecular complexity index is 1060. The lowest BCUT2D eigenvalue weighted by molar-refractivity contribution is 0.121. The standard InChI is InChI=1S/C23H30N2O4Si/c1-9-17-13-16(11-12-30(6,7)8)14-18(10-2)19(17)20-21(29-23(27)28-5)15(3)24-25(4)22(20)26/h13-14H,9-10H2,1-8H3. The number of ether oxygens (including phenoxy) is 2. The van der Waals surface area contributed by atoms with Gasteiger partial charge in [0.1, 0.15) is 13.8 Å². The quantitative estimate of drug-likeness (QED) is 0.415. The lowest BCUT2D eigenvalue weighted by Gasteiger charge is -2.18. The van der Waals surface area contributed by atoms with E-state index < -0.39 is 14.2 Å². The van der Waals surface area contributed by atoms with Crippen LogP contribution in [0.15, 0.2) is 16.9 Å². The number of methoxy groups -OCH3 is 1. The number of carbonyl (C=O) groups is 1. The number of hydrogen-bond acceptors (Lipinski definition) is 5. The summed E-state index contributed by atoms with van der Waals surface area (Å²) in [7, 11) is 1.30. The van der Waals surface area contributed by atoms with Crippen LogP contribution in [0.5, 0.6) is 5.75 Å². The van der Waals surface area contributed by atoms with Crippen molar-refractivity contribution >= 4 is 14.2 Å². The maximum atomic E-state index is 13.1. The second-order valence-electron chi connectivity index (χ2n) is 8.15. The first-order valence-electron chi connectivity index (χ1n) is 10.0. The molecule has 160 valence electrons. The Balaban J connectivity index is 2.88. The number of aromatic nitrogens is 2. The highest BCUT2D eigenvalue weighted by molar-refractivity contribution is 6.83. The van der Waals surface area contributed by atoms with E-state index in [1.165, 1.54) is 11.8 Å². The predicted molar refractivity (Wildman–Crippen MR) is 122 cm³/mol. The fourth-order valence-corrected chi connectivity index (χ4v) is 3.72. The molecule has 0 aliphatic carbocycles. The van der Waals surface area contributed by atoms with Crippen molar-refractivity contribution in [3.63, 3.8) is 0 Å². The number of benzene rings is 1. The molecule has 0 saturated carbocycles. The van der Waals surface area contributed by atoms with Crippen LogP contribution >= 0.6 is 0 Å². The van der Waals surface area contributed by atoms with E-state index >= 15 is 0 Å². The monoisotopic (exact) mass is 426 g/mol. The van der Waals surface area contributed by atoms with Gasteiger partial charge in [-0.2, -0.15) is 5.10 Å². The van der Waals surface area contributed by atoms with Crippen LogP contribution in [0.3, 0.4) is 0 Å². The predicted octanol–water partition coefficient (Wildman–Crippen LogP) is 4.25. The third-order valence-electron chi connectivity index (χ3n) is 4.61. The molecule has 0 atom stereocenters. The summed E-state index contributed by atoms with van der Waals surface area (Å²) in [5, 5.41) is 4.19. The molecule has 1 aromatic carbocycles. The minimum Gasteiger partial charge on any atom is -0.437 e. The number of carbonyl (C=O) groups excluding carboxylic acids is 1.